The lowest BCUT2D eigenvalue weighted by molar-refractivity contribution is 0.103. The summed E-state index contributed by atoms with van der Waals surface area (Å²) in [5.41, 5.74) is 1.17. The van der Waals surface area contributed by atoms with E-state index >= 15 is 0 Å². The molecule has 0 atom stereocenters. The Morgan fingerprint density at radius 2 is 1.94 bits per heavy atom. The van der Waals surface area contributed by atoms with Crippen LogP contribution in [0, 0.1) is 6.92 Å². The molecule has 0 aliphatic carbocycles. The van der Waals surface area contributed by atoms with Crippen molar-refractivity contribution in [3.63, 3.8) is 0 Å². The van der Waals surface area contributed by atoms with Gasteiger partial charge in [0.1, 0.15) is 10.3 Å². The van der Waals surface area contributed by atoms with Gasteiger partial charge in [-0.3, -0.25) is 4.79 Å². The summed E-state index contributed by atoms with van der Waals surface area (Å²) in [5.74, 6) is -0.00451. The van der Waals surface area contributed by atoms with Crippen molar-refractivity contribution in [3.05, 3.63) is 45.7 Å². The van der Waals surface area contributed by atoms with Gasteiger partial charge in [0, 0.05) is 17.5 Å². The zero-order valence-electron chi connectivity index (χ0n) is 8.29. The molecule has 0 fully saturated rings. The lowest BCUT2D eigenvalue weighted by Crippen LogP contribution is -2.04. The van der Waals surface area contributed by atoms with E-state index in [0.29, 0.717) is 5.56 Å². The van der Waals surface area contributed by atoms with Gasteiger partial charge in [-0.1, -0.05) is 23.2 Å². The fraction of sp³-hybridized carbons (Fsp3) is 0.100. The summed E-state index contributed by atoms with van der Waals surface area (Å²) >= 11 is 11.4. The molecule has 0 amide bonds. The summed E-state index contributed by atoms with van der Waals surface area (Å²) in [5, 5.41) is 0.359. The first-order chi connectivity index (χ1) is 7.56. The number of aromatic amines is 1. The van der Waals surface area contributed by atoms with Gasteiger partial charge in [0.05, 0.1) is 0 Å². The van der Waals surface area contributed by atoms with Gasteiger partial charge in [-0.15, -0.1) is 0 Å². The molecule has 2 aromatic heterocycles. The lowest BCUT2D eigenvalue weighted by atomic mass is 10.2. The molecule has 16 heavy (non-hydrogen) atoms. The maximum Gasteiger partial charge on any atom is 0.228 e. The number of carbonyl (C=O) groups is 1. The number of aromatic nitrogens is 3. The number of ketones is 1. The average molecular weight is 256 g/mol. The van der Waals surface area contributed by atoms with Crippen LogP contribution in [0.1, 0.15) is 21.9 Å². The number of pyridine rings is 1. The van der Waals surface area contributed by atoms with Crippen LogP contribution in [0.5, 0.6) is 0 Å². The first-order valence-electron chi connectivity index (χ1n) is 4.45. The van der Waals surface area contributed by atoms with Gasteiger partial charge in [0.25, 0.3) is 0 Å². The third-order valence-electron chi connectivity index (χ3n) is 1.94. The SMILES string of the molecule is Cc1cnc(C(=O)c2cc(Cl)nc(Cl)c2)[nH]1. The van der Waals surface area contributed by atoms with Crippen molar-refractivity contribution in [1.29, 1.82) is 0 Å². The summed E-state index contributed by atoms with van der Waals surface area (Å²) in [4.78, 5) is 22.5. The van der Waals surface area contributed by atoms with Crippen molar-refractivity contribution in [2.45, 2.75) is 6.92 Å². The highest BCUT2D eigenvalue weighted by atomic mass is 35.5. The third kappa shape index (κ3) is 2.23. The number of carbonyl (C=O) groups excluding carboxylic acids is 1. The van der Waals surface area contributed by atoms with Gasteiger partial charge in [0.15, 0.2) is 5.82 Å². The Labute approximate surface area is 102 Å². The van der Waals surface area contributed by atoms with E-state index in [1.807, 2.05) is 6.92 Å². The van der Waals surface area contributed by atoms with Crippen molar-refractivity contribution < 1.29 is 4.79 Å². The summed E-state index contributed by atoms with van der Waals surface area (Å²) in [6.45, 7) is 1.82. The molecule has 2 rings (SSSR count). The molecule has 6 heteroatoms. The maximum atomic E-state index is 11.9. The van der Waals surface area contributed by atoms with Crippen LogP contribution in [0.25, 0.3) is 0 Å². The van der Waals surface area contributed by atoms with Gasteiger partial charge in [-0.05, 0) is 19.1 Å². The van der Waals surface area contributed by atoms with E-state index in [-0.39, 0.29) is 21.9 Å². The van der Waals surface area contributed by atoms with Crippen molar-refractivity contribution >= 4 is 29.0 Å². The van der Waals surface area contributed by atoms with Crippen LogP contribution in [0.15, 0.2) is 18.3 Å². The monoisotopic (exact) mass is 255 g/mol. The summed E-state index contributed by atoms with van der Waals surface area (Å²) in [7, 11) is 0. The van der Waals surface area contributed by atoms with Gasteiger partial charge >= 0.3 is 0 Å². The smallest absolute Gasteiger partial charge is 0.228 e. The Balaban J connectivity index is 2.41. The van der Waals surface area contributed by atoms with Gasteiger partial charge in [-0.2, -0.15) is 0 Å². The third-order valence-corrected chi connectivity index (χ3v) is 2.33. The van der Waals surface area contributed by atoms with Crippen molar-refractivity contribution in [2.75, 3.05) is 0 Å². The van der Waals surface area contributed by atoms with E-state index in [1.54, 1.807) is 6.20 Å². The molecule has 4 nitrogen and oxygen atoms in total. The number of aryl methyl sites for hydroxylation is 1. The molecular weight excluding hydrogens is 249 g/mol. The predicted molar refractivity (Wildman–Crippen MR) is 61.0 cm³/mol. The van der Waals surface area contributed by atoms with Crippen LogP contribution in [0.3, 0.4) is 0 Å². The second-order valence-electron chi connectivity index (χ2n) is 3.25. The minimum Gasteiger partial charge on any atom is -0.339 e. The maximum absolute atomic E-state index is 11.9. The predicted octanol–water partition coefficient (Wildman–Crippen LogP) is 2.65. The first-order valence-corrected chi connectivity index (χ1v) is 5.21. The van der Waals surface area contributed by atoms with Crippen molar-refractivity contribution in [1.82, 2.24) is 15.0 Å². The Morgan fingerprint density at radius 3 is 2.44 bits per heavy atom. The number of hydrogen-bond donors (Lipinski definition) is 1. The van der Waals surface area contributed by atoms with Gasteiger partial charge in [0.2, 0.25) is 5.78 Å². The standard InChI is InChI=1S/C10H7Cl2N3O/c1-5-4-13-10(14-5)9(16)6-2-7(11)15-8(12)3-6/h2-4H,1H3,(H,13,14). The zero-order valence-corrected chi connectivity index (χ0v) is 9.80. The van der Waals surface area contributed by atoms with Crippen LogP contribution in [0.4, 0.5) is 0 Å². The first kappa shape index (κ1) is 11.1. The molecule has 0 bridgehead atoms. The topological polar surface area (TPSA) is 58.6 Å². The fourth-order valence-corrected chi connectivity index (χ4v) is 1.72. The highest BCUT2D eigenvalue weighted by Crippen LogP contribution is 2.16. The molecule has 0 aromatic carbocycles. The zero-order chi connectivity index (χ0) is 11.7. The number of nitrogens with zero attached hydrogens (tertiary/aromatic N) is 2. The second-order valence-corrected chi connectivity index (χ2v) is 4.02. The van der Waals surface area contributed by atoms with Gasteiger partial charge in [-0.25, -0.2) is 9.97 Å². The Morgan fingerprint density at radius 1 is 1.31 bits per heavy atom. The molecule has 2 heterocycles. The van der Waals surface area contributed by atoms with E-state index < -0.39 is 0 Å². The minimum atomic E-state index is -0.265. The Bertz CT molecular complexity index is 530. The molecule has 0 spiro atoms. The number of hydrogen-bond acceptors (Lipinski definition) is 3. The van der Waals surface area contributed by atoms with E-state index in [4.69, 9.17) is 23.2 Å². The Kier molecular flexibility index (Phi) is 2.94. The average Bonchev–Trinajstić information content (AvgIpc) is 2.62. The molecule has 2 aromatic rings. The van der Waals surface area contributed by atoms with E-state index in [2.05, 4.69) is 15.0 Å². The van der Waals surface area contributed by atoms with Crippen LogP contribution in [-0.2, 0) is 0 Å². The number of halogens is 2. The summed E-state index contributed by atoms with van der Waals surface area (Å²) in [6, 6.07) is 2.90. The van der Waals surface area contributed by atoms with E-state index in [9.17, 15) is 4.79 Å². The quantitative estimate of drug-likeness (QED) is 0.663. The second kappa shape index (κ2) is 4.23. The van der Waals surface area contributed by atoms with E-state index in [1.165, 1.54) is 12.1 Å². The minimum absolute atomic E-state index is 0.180. The molecule has 0 unspecified atom stereocenters. The van der Waals surface area contributed by atoms with Crippen LogP contribution in [0.2, 0.25) is 10.3 Å². The van der Waals surface area contributed by atoms with Crippen LogP contribution >= 0.6 is 23.2 Å². The van der Waals surface area contributed by atoms with Crippen LogP contribution in [-0.4, -0.2) is 20.7 Å². The summed E-state index contributed by atoms with van der Waals surface area (Å²) < 4.78 is 0. The molecular formula is C10H7Cl2N3O. The van der Waals surface area contributed by atoms with Crippen molar-refractivity contribution in [2.24, 2.45) is 0 Å². The highest BCUT2D eigenvalue weighted by Gasteiger charge is 2.14. The number of rotatable bonds is 2. The molecule has 1 N–H and O–H groups in total. The highest BCUT2D eigenvalue weighted by molar-refractivity contribution is 6.33. The number of imidazole rings is 1. The van der Waals surface area contributed by atoms with E-state index in [0.717, 1.165) is 5.69 Å². The lowest BCUT2D eigenvalue weighted by Gasteiger charge is -1.99. The van der Waals surface area contributed by atoms with Crippen LogP contribution < -0.4 is 0 Å². The Hall–Kier alpha value is -1.39. The number of nitrogens with one attached hydrogen (secondary N) is 1. The normalized spacial score (nSPS) is 10.4. The summed E-state index contributed by atoms with van der Waals surface area (Å²) in [6.07, 6.45) is 1.58. The molecule has 0 saturated heterocycles. The molecule has 0 radical (unpaired) electrons. The molecule has 0 aliphatic heterocycles. The van der Waals surface area contributed by atoms with Gasteiger partial charge < -0.3 is 4.98 Å². The number of H-pyrrole nitrogens is 1. The van der Waals surface area contributed by atoms with Crippen molar-refractivity contribution in [3.8, 4) is 0 Å². The molecule has 82 valence electrons. The fourth-order valence-electron chi connectivity index (χ4n) is 1.26. The largest absolute Gasteiger partial charge is 0.339 e. The molecule has 0 saturated carbocycles. The molecule has 0 aliphatic rings.